The van der Waals surface area contributed by atoms with Crippen molar-refractivity contribution in [3.63, 3.8) is 0 Å². The molecule has 88 valence electrons. The Morgan fingerprint density at radius 3 is 2.76 bits per heavy atom. The van der Waals surface area contributed by atoms with Gasteiger partial charge in [0, 0.05) is 33.9 Å². The molecule has 1 unspecified atom stereocenters. The van der Waals surface area contributed by atoms with E-state index in [1.54, 1.807) is 0 Å². The van der Waals surface area contributed by atoms with Crippen LogP contribution in [-0.4, -0.2) is 16.9 Å². The molecule has 0 bridgehead atoms. The van der Waals surface area contributed by atoms with Crippen LogP contribution < -0.4 is 0 Å². The summed E-state index contributed by atoms with van der Waals surface area (Å²) in [7, 11) is 0. The summed E-state index contributed by atoms with van der Waals surface area (Å²) in [4.78, 5) is 0. The molecular weight excluding hydrogens is 298 g/mol. The van der Waals surface area contributed by atoms with Gasteiger partial charge in [-0.05, 0) is 30.3 Å². The van der Waals surface area contributed by atoms with E-state index in [0.717, 1.165) is 16.8 Å². The highest BCUT2D eigenvalue weighted by Crippen LogP contribution is 2.35. The molecule has 0 saturated carbocycles. The van der Waals surface area contributed by atoms with Crippen molar-refractivity contribution < 1.29 is 4.74 Å². The van der Waals surface area contributed by atoms with Gasteiger partial charge in [0.05, 0.1) is 6.61 Å². The summed E-state index contributed by atoms with van der Waals surface area (Å²) in [5.74, 6) is 1.09. The average molecular weight is 310 g/mol. The van der Waals surface area contributed by atoms with Crippen molar-refractivity contribution in [2.75, 3.05) is 12.4 Å². The molecule has 0 N–H and O–H groups in total. The Morgan fingerprint density at radius 1 is 1.24 bits per heavy atom. The number of rotatable bonds is 2. The van der Waals surface area contributed by atoms with Crippen LogP contribution in [0.2, 0.25) is 0 Å². The van der Waals surface area contributed by atoms with Gasteiger partial charge in [-0.15, -0.1) is 11.8 Å². The molecule has 1 aromatic heterocycles. The summed E-state index contributed by atoms with van der Waals surface area (Å²) in [6.45, 7) is 0.860. The first kappa shape index (κ1) is 11.4. The van der Waals surface area contributed by atoms with Crippen LogP contribution >= 0.6 is 27.7 Å². The smallest absolute Gasteiger partial charge is 0.130 e. The fraction of sp³-hybridized carbons (Fsp3) is 0.231. The third kappa shape index (κ3) is 2.44. The largest absolute Gasteiger partial charge is 0.362 e. The molecule has 1 aliphatic rings. The van der Waals surface area contributed by atoms with Gasteiger partial charge >= 0.3 is 0 Å². The van der Waals surface area contributed by atoms with E-state index in [4.69, 9.17) is 4.74 Å². The van der Waals surface area contributed by atoms with Crippen molar-refractivity contribution in [3.8, 4) is 5.69 Å². The Bertz CT molecular complexity index is 502. The van der Waals surface area contributed by atoms with E-state index in [-0.39, 0.29) is 5.44 Å². The Morgan fingerprint density at radius 2 is 2.06 bits per heavy atom. The maximum absolute atomic E-state index is 5.65. The minimum absolute atomic E-state index is 0.215. The predicted octanol–water partition coefficient (Wildman–Crippen LogP) is 4.00. The molecule has 0 amide bonds. The maximum atomic E-state index is 5.65. The topological polar surface area (TPSA) is 14.2 Å². The molecule has 1 atom stereocenters. The number of hydrogen-bond acceptors (Lipinski definition) is 2. The van der Waals surface area contributed by atoms with Crippen LogP contribution in [0.3, 0.4) is 0 Å². The second-order valence-corrected chi connectivity index (χ2v) is 5.99. The van der Waals surface area contributed by atoms with E-state index in [2.05, 4.69) is 63.2 Å². The zero-order chi connectivity index (χ0) is 11.7. The zero-order valence-electron chi connectivity index (χ0n) is 9.17. The lowest BCUT2D eigenvalue weighted by Crippen LogP contribution is -1.92. The molecule has 1 aromatic carbocycles. The van der Waals surface area contributed by atoms with Crippen LogP contribution in [0.15, 0.2) is 47.2 Å². The molecular formula is C13H12BrNOS. The summed E-state index contributed by atoms with van der Waals surface area (Å²) in [5.41, 5.74) is 2.63. The lowest BCUT2D eigenvalue weighted by Gasteiger charge is -2.06. The van der Waals surface area contributed by atoms with Gasteiger partial charge in [0.15, 0.2) is 0 Å². The fourth-order valence-corrected chi connectivity index (χ4v) is 3.07. The van der Waals surface area contributed by atoms with Gasteiger partial charge in [-0.3, -0.25) is 0 Å². The quantitative estimate of drug-likeness (QED) is 0.832. The summed E-state index contributed by atoms with van der Waals surface area (Å²) in [6.07, 6.45) is 4.23. The van der Waals surface area contributed by atoms with E-state index in [9.17, 15) is 0 Å². The maximum Gasteiger partial charge on any atom is 0.130 e. The van der Waals surface area contributed by atoms with Crippen molar-refractivity contribution in [2.24, 2.45) is 0 Å². The van der Waals surface area contributed by atoms with Crippen LogP contribution in [0, 0.1) is 0 Å². The third-order valence-electron chi connectivity index (χ3n) is 2.73. The fourth-order valence-electron chi connectivity index (χ4n) is 1.88. The van der Waals surface area contributed by atoms with Crippen LogP contribution in [0.4, 0.5) is 0 Å². The normalized spacial score (nSPS) is 19.7. The van der Waals surface area contributed by atoms with Crippen molar-refractivity contribution >= 4 is 27.7 Å². The van der Waals surface area contributed by atoms with Crippen molar-refractivity contribution in [1.82, 2.24) is 4.57 Å². The Hall–Kier alpha value is -0.710. The highest BCUT2D eigenvalue weighted by atomic mass is 79.9. The summed E-state index contributed by atoms with van der Waals surface area (Å²) < 4.78 is 8.88. The monoisotopic (exact) mass is 309 g/mol. The molecule has 1 fully saturated rings. The van der Waals surface area contributed by atoms with Crippen molar-refractivity contribution in [1.29, 1.82) is 0 Å². The van der Waals surface area contributed by atoms with Crippen molar-refractivity contribution in [2.45, 2.75) is 5.44 Å². The molecule has 1 aliphatic heterocycles. The highest BCUT2D eigenvalue weighted by molar-refractivity contribution is 9.10. The minimum Gasteiger partial charge on any atom is -0.362 e. The first-order chi connectivity index (χ1) is 8.33. The predicted molar refractivity (Wildman–Crippen MR) is 74.6 cm³/mol. The van der Waals surface area contributed by atoms with E-state index >= 15 is 0 Å². The van der Waals surface area contributed by atoms with Gasteiger partial charge in [0.2, 0.25) is 0 Å². The number of halogens is 1. The lowest BCUT2D eigenvalue weighted by molar-refractivity contribution is 0.145. The third-order valence-corrected chi connectivity index (χ3v) is 4.38. The molecule has 4 heteroatoms. The second kappa shape index (κ2) is 4.88. The zero-order valence-corrected chi connectivity index (χ0v) is 11.6. The molecule has 2 aromatic rings. The first-order valence-electron chi connectivity index (χ1n) is 5.50. The van der Waals surface area contributed by atoms with Gasteiger partial charge in [0.25, 0.3) is 0 Å². The Labute approximate surface area is 113 Å². The van der Waals surface area contributed by atoms with Gasteiger partial charge in [-0.25, -0.2) is 0 Å². The van der Waals surface area contributed by atoms with Gasteiger partial charge in [0.1, 0.15) is 5.44 Å². The number of ether oxygens (including phenoxy) is 1. The minimum atomic E-state index is 0.215. The molecule has 1 saturated heterocycles. The number of nitrogens with zero attached hydrogens (tertiary/aromatic N) is 1. The standard InChI is InChI=1S/C13H12BrNOS/c14-11-1-3-12(4-2-11)15-6-5-10(9-15)13-16-7-8-17-13/h1-6,9,13H,7-8H2. The van der Waals surface area contributed by atoms with E-state index in [1.807, 2.05) is 11.8 Å². The van der Waals surface area contributed by atoms with Crippen LogP contribution in [0.25, 0.3) is 5.69 Å². The van der Waals surface area contributed by atoms with Crippen LogP contribution in [0.5, 0.6) is 0 Å². The van der Waals surface area contributed by atoms with Crippen molar-refractivity contribution in [3.05, 3.63) is 52.8 Å². The van der Waals surface area contributed by atoms with Gasteiger partial charge in [-0.1, -0.05) is 15.9 Å². The van der Waals surface area contributed by atoms with Crippen LogP contribution in [-0.2, 0) is 4.74 Å². The number of hydrogen-bond donors (Lipinski definition) is 0. The number of aromatic nitrogens is 1. The Kier molecular flexibility index (Phi) is 3.27. The molecule has 2 nitrogen and oxygen atoms in total. The van der Waals surface area contributed by atoms with E-state index < -0.39 is 0 Å². The molecule has 3 rings (SSSR count). The Balaban J connectivity index is 1.86. The first-order valence-corrected chi connectivity index (χ1v) is 7.34. The average Bonchev–Trinajstić information content (AvgIpc) is 3.00. The number of benzene rings is 1. The van der Waals surface area contributed by atoms with Gasteiger partial charge in [-0.2, -0.15) is 0 Å². The lowest BCUT2D eigenvalue weighted by atomic mass is 10.3. The highest BCUT2D eigenvalue weighted by Gasteiger charge is 2.19. The van der Waals surface area contributed by atoms with E-state index in [0.29, 0.717) is 0 Å². The molecule has 0 spiro atoms. The SMILES string of the molecule is Brc1ccc(-n2ccc(C3OCCS3)c2)cc1. The molecule has 0 radical (unpaired) electrons. The molecule has 0 aliphatic carbocycles. The van der Waals surface area contributed by atoms with Crippen LogP contribution in [0.1, 0.15) is 11.0 Å². The second-order valence-electron chi connectivity index (χ2n) is 3.90. The molecule has 2 heterocycles. The summed E-state index contributed by atoms with van der Waals surface area (Å²) in [5, 5.41) is 0. The summed E-state index contributed by atoms with van der Waals surface area (Å²) >= 11 is 5.31. The van der Waals surface area contributed by atoms with E-state index in [1.165, 1.54) is 11.3 Å². The number of thioether (sulfide) groups is 1. The van der Waals surface area contributed by atoms with Gasteiger partial charge < -0.3 is 9.30 Å². The molecule has 17 heavy (non-hydrogen) atoms. The summed E-state index contributed by atoms with van der Waals surface area (Å²) in [6, 6.07) is 10.4.